The number of ketones is 1. The van der Waals surface area contributed by atoms with Gasteiger partial charge in [0.25, 0.3) is 0 Å². The number of benzene rings is 1. The molecule has 4 rings (SSSR count). The van der Waals surface area contributed by atoms with Crippen LogP contribution in [-0.2, 0) is 7.05 Å². The SMILES string of the molecule is Cn1cc(-c2nc(C(=O)C(C#N)c3nc4ccccc4[nH]3)cs2)cn1. The van der Waals surface area contributed by atoms with Crippen molar-refractivity contribution in [3.63, 3.8) is 0 Å². The zero-order chi connectivity index (χ0) is 17.4. The highest BCUT2D eigenvalue weighted by molar-refractivity contribution is 7.13. The summed E-state index contributed by atoms with van der Waals surface area (Å²) < 4.78 is 1.67. The second-order valence-electron chi connectivity index (χ2n) is 5.51. The summed E-state index contributed by atoms with van der Waals surface area (Å²) in [6.07, 6.45) is 3.52. The largest absolute Gasteiger partial charge is 0.340 e. The number of para-hydroxylation sites is 2. The number of carbonyl (C=O) groups excluding carboxylic acids is 1. The van der Waals surface area contributed by atoms with Gasteiger partial charge in [0.2, 0.25) is 5.78 Å². The van der Waals surface area contributed by atoms with Gasteiger partial charge in [0.05, 0.1) is 23.3 Å². The molecule has 7 nitrogen and oxygen atoms in total. The van der Waals surface area contributed by atoms with Gasteiger partial charge in [-0.25, -0.2) is 9.97 Å². The number of aromatic nitrogens is 5. The molecule has 4 aromatic rings. The number of Topliss-reactive ketones (excluding diaryl/α,β-unsaturated/α-hetero) is 1. The number of nitrogens with zero attached hydrogens (tertiary/aromatic N) is 5. The Labute approximate surface area is 146 Å². The molecule has 0 spiro atoms. The van der Waals surface area contributed by atoms with Crippen molar-refractivity contribution >= 4 is 28.2 Å². The van der Waals surface area contributed by atoms with Gasteiger partial charge >= 0.3 is 0 Å². The molecule has 0 bridgehead atoms. The van der Waals surface area contributed by atoms with Gasteiger partial charge < -0.3 is 4.98 Å². The number of aromatic amines is 1. The predicted octanol–water partition coefficient (Wildman–Crippen LogP) is 2.91. The summed E-state index contributed by atoms with van der Waals surface area (Å²) in [6, 6.07) is 9.45. The summed E-state index contributed by atoms with van der Waals surface area (Å²) in [6.45, 7) is 0. The molecule has 0 saturated carbocycles. The smallest absolute Gasteiger partial charge is 0.206 e. The van der Waals surface area contributed by atoms with Crippen molar-refractivity contribution in [1.29, 1.82) is 5.26 Å². The quantitative estimate of drug-likeness (QED) is 0.572. The van der Waals surface area contributed by atoms with Crippen LogP contribution in [0.15, 0.2) is 42.0 Å². The summed E-state index contributed by atoms with van der Waals surface area (Å²) >= 11 is 1.35. The zero-order valence-electron chi connectivity index (χ0n) is 13.2. The Morgan fingerprint density at radius 3 is 2.92 bits per heavy atom. The summed E-state index contributed by atoms with van der Waals surface area (Å²) in [5, 5.41) is 16.0. The van der Waals surface area contributed by atoms with Crippen LogP contribution in [0.4, 0.5) is 0 Å². The van der Waals surface area contributed by atoms with Crippen LogP contribution in [0.1, 0.15) is 22.2 Å². The van der Waals surface area contributed by atoms with Crippen molar-refractivity contribution in [2.45, 2.75) is 5.92 Å². The highest BCUT2D eigenvalue weighted by Crippen LogP contribution is 2.26. The Hall–Kier alpha value is -3.31. The van der Waals surface area contributed by atoms with Gasteiger partial charge in [0, 0.05) is 24.2 Å². The minimum atomic E-state index is -1.02. The Morgan fingerprint density at radius 2 is 2.20 bits per heavy atom. The van der Waals surface area contributed by atoms with Crippen LogP contribution >= 0.6 is 11.3 Å². The van der Waals surface area contributed by atoms with Crippen molar-refractivity contribution in [1.82, 2.24) is 24.7 Å². The fourth-order valence-corrected chi connectivity index (χ4v) is 3.34. The number of rotatable bonds is 4. The molecule has 0 saturated heterocycles. The predicted molar refractivity (Wildman–Crippen MR) is 93.1 cm³/mol. The fourth-order valence-electron chi connectivity index (χ4n) is 2.55. The van der Waals surface area contributed by atoms with Gasteiger partial charge in [-0.05, 0) is 12.1 Å². The van der Waals surface area contributed by atoms with E-state index in [4.69, 9.17) is 0 Å². The highest BCUT2D eigenvalue weighted by Gasteiger charge is 2.27. The average Bonchev–Trinajstić information content (AvgIpc) is 3.33. The lowest BCUT2D eigenvalue weighted by atomic mass is 10.0. The van der Waals surface area contributed by atoms with Crippen LogP contribution in [0.25, 0.3) is 21.6 Å². The van der Waals surface area contributed by atoms with Gasteiger partial charge in [-0.2, -0.15) is 10.4 Å². The number of hydrogen-bond donors (Lipinski definition) is 1. The number of nitrogens with one attached hydrogen (secondary N) is 1. The number of hydrogen-bond acceptors (Lipinski definition) is 6. The van der Waals surface area contributed by atoms with Crippen molar-refractivity contribution < 1.29 is 4.79 Å². The monoisotopic (exact) mass is 348 g/mol. The second kappa shape index (κ2) is 5.96. The van der Waals surface area contributed by atoms with Gasteiger partial charge in [0.15, 0.2) is 5.92 Å². The van der Waals surface area contributed by atoms with Gasteiger partial charge in [0.1, 0.15) is 16.5 Å². The third-order valence-electron chi connectivity index (χ3n) is 3.78. The van der Waals surface area contributed by atoms with Crippen LogP contribution in [0.2, 0.25) is 0 Å². The first-order chi connectivity index (χ1) is 12.2. The highest BCUT2D eigenvalue weighted by atomic mass is 32.1. The molecule has 0 aliphatic heterocycles. The Bertz CT molecular complexity index is 1080. The van der Waals surface area contributed by atoms with Gasteiger partial charge in [-0.3, -0.25) is 9.48 Å². The maximum atomic E-state index is 12.7. The number of thiazole rings is 1. The Morgan fingerprint density at radius 1 is 1.36 bits per heavy atom. The van der Waals surface area contributed by atoms with Crippen LogP contribution in [0.3, 0.4) is 0 Å². The average molecular weight is 348 g/mol. The molecular formula is C17H12N6OS. The molecule has 0 aliphatic carbocycles. The lowest BCUT2D eigenvalue weighted by molar-refractivity contribution is 0.0972. The lowest BCUT2D eigenvalue weighted by Crippen LogP contribution is -2.13. The minimum Gasteiger partial charge on any atom is -0.340 e. The summed E-state index contributed by atoms with van der Waals surface area (Å²) in [5.41, 5.74) is 2.61. The molecule has 1 aromatic carbocycles. The normalized spacial score (nSPS) is 12.2. The Balaban J connectivity index is 1.66. The van der Waals surface area contributed by atoms with E-state index in [1.165, 1.54) is 11.3 Å². The molecule has 0 amide bonds. The molecule has 1 unspecified atom stereocenters. The fraction of sp³-hybridized carbons (Fsp3) is 0.118. The van der Waals surface area contributed by atoms with Crippen molar-refractivity contribution in [2.24, 2.45) is 7.05 Å². The third kappa shape index (κ3) is 2.70. The molecule has 0 aliphatic rings. The Kier molecular flexibility index (Phi) is 3.63. The molecule has 1 atom stereocenters. The molecule has 0 fully saturated rings. The van der Waals surface area contributed by atoms with Crippen LogP contribution in [0.5, 0.6) is 0 Å². The number of carbonyl (C=O) groups is 1. The molecule has 8 heteroatoms. The van der Waals surface area contributed by atoms with Crippen molar-refractivity contribution in [2.75, 3.05) is 0 Å². The van der Waals surface area contributed by atoms with Crippen LogP contribution < -0.4 is 0 Å². The van der Waals surface area contributed by atoms with Crippen LogP contribution in [-0.4, -0.2) is 30.5 Å². The number of fused-ring (bicyclic) bond motifs is 1. The first-order valence-corrected chi connectivity index (χ1v) is 8.36. The maximum absolute atomic E-state index is 12.7. The summed E-state index contributed by atoms with van der Waals surface area (Å²) in [7, 11) is 1.82. The minimum absolute atomic E-state index is 0.260. The van der Waals surface area contributed by atoms with Gasteiger partial charge in [-0.15, -0.1) is 11.3 Å². The molecular weight excluding hydrogens is 336 g/mol. The molecule has 3 heterocycles. The summed E-state index contributed by atoms with van der Waals surface area (Å²) in [5.74, 6) is -1.05. The van der Waals surface area contributed by atoms with Crippen molar-refractivity contribution in [3.05, 3.63) is 53.6 Å². The van der Waals surface area contributed by atoms with Crippen molar-refractivity contribution in [3.8, 4) is 16.6 Å². The summed E-state index contributed by atoms with van der Waals surface area (Å²) in [4.78, 5) is 24.5. The number of H-pyrrole nitrogens is 1. The third-order valence-corrected chi connectivity index (χ3v) is 4.67. The molecule has 1 N–H and O–H groups in total. The van der Waals surface area contributed by atoms with Gasteiger partial charge in [-0.1, -0.05) is 12.1 Å². The standard InChI is InChI=1S/C17H12N6OS/c1-23-8-10(7-19-23)17-22-14(9-25-17)15(24)11(6-18)16-20-12-4-2-3-5-13(12)21-16/h2-5,7-9,11H,1H3,(H,20,21). The molecule has 0 radical (unpaired) electrons. The maximum Gasteiger partial charge on any atom is 0.206 e. The molecule has 25 heavy (non-hydrogen) atoms. The van der Waals surface area contributed by atoms with E-state index in [1.807, 2.05) is 43.6 Å². The zero-order valence-corrected chi connectivity index (χ0v) is 14.0. The first kappa shape index (κ1) is 15.2. The van der Waals surface area contributed by atoms with E-state index in [-0.39, 0.29) is 11.5 Å². The van der Waals surface area contributed by atoms with E-state index in [1.54, 1.807) is 16.3 Å². The first-order valence-electron chi connectivity index (χ1n) is 7.48. The van der Waals surface area contributed by atoms with E-state index in [0.717, 1.165) is 16.6 Å². The number of nitriles is 1. The molecule has 3 aromatic heterocycles. The van der Waals surface area contributed by atoms with Crippen LogP contribution in [0, 0.1) is 11.3 Å². The van der Waals surface area contributed by atoms with E-state index in [0.29, 0.717) is 10.8 Å². The number of imidazole rings is 1. The molecule has 122 valence electrons. The van der Waals surface area contributed by atoms with E-state index >= 15 is 0 Å². The van der Waals surface area contributed by atoms with E-state index < -0.39 is 5.92 Å². The van der Waals surface area contributed by atoms with E-state index in [9.17, 15) is 10.1 Å². The topological polar surface area (TPSA) is 100 Å². The number of aryl methyl sites for hydroxylation is 1. The lowest BCUT2D eigenvalue weighted by Gasteiger charge is -2.02. The van der Waals surface area contributed by atoms with E-state index in [2.05, 4.69) is 20.1 Å². The second-order valence-corrected chi connectivity index (χ2v) is 6.36.